The first-order valence-electron chi connectivity index (χ1n) is 9.44. The van der Waals surface area contributed by atoms with E-state index in [0.717, 1.165) is 57.6 Å². The molecule has 0 aliphatic carbocycles. The minimum atomic E-state index is -0.364. The number of nitrogens with zero attached hydrogens (tertiary/aromatic N) is 3. The van der Waals surface area contributed by atoms with Crippen LogP contribution in [0.2, 0.25) is 0 Å². The number of nitrogens with one attached hydrogen (secondary N) is 1. The van der Waals surface area contributed by atoms with Gasteiger partial charge >= 0.3 is 6.03 Å². The summed E-state index contributed by atoms with van der Waals surface area (Å²) in [5, 5.41) is 13.0. The molecule has 0 unspecified atom stereocenters. The zero-order valence-corrected chi connectivity index (χ0v) is 15.4. The highest BCUT2D eigenvalue weighted by Crippen LogP contribution is 2.32. The van der Waals surface area contributed by atoms with E-state index in [2.05, 4.69) is 34.3 Å². The molecular formula is C19H30N4O2. The number of aromatic nitrogens is 1. The van der Waals surface area contributed by atoms with Crippen molar-refractivity contribution in [3.63, 3.8) is 0 Å². The van der Waals surface area contributed by atoms with E-state index < -0.39 is 0 Å². The number of aryl methyl sites for hydroxylation is 1. The van der Waals surface area contributed by atoms with Crippen LogP contribution in [0.1, 0.15) is 44.6 Å². The summed E-state index contributed by atoms with van der Waals surface area (Å²) in [6.07, 6.45) is 6.41. The number of anilines is 1. The molecule has 3 rings (SSSR count). The maximum Gasteiger partial charge on any atom is 0.318 e. The van der Waals surface area contributed by atoms with Crippen LogP contribution < -0.4 is 10.2 Å². The van der Waals surface area contributed by atoms with Crippen LogP contribution in [0.15, 0.2) is 18.3 Å². The summed E-state index contributed by atoms with van der Waals surface area (Å²) in [5.41, 5.74) is 0.802. The molecule has 6 nitrogen and oxygen atoms in total. The number of hydrogen-bond donors (Lipinski definition) is 2. The highest BCUT2D eigenvalue weighted by Gasteiger charge is 2.42. The van der Waals surface area contributed by atoms with Gasteiger partial charge in [0.15, 0.2) is 0 Å². The van der Waals surface area contributed by atoms with E-state index in [1.807, 2.05) is 18.0 Å². The number of urea groups is 1. The number of amides is 2. The number of aliphatic hydroxyl groups is 1. The third-order valence-corrected chi connectivity index (χ3v) is 5.84. The molecule has 3 heterocycles. The molecule has 0 radical (unpaired) electrons. The van der Waals surface area contributed by atoms with Gasteiger partial charge in [0.25, 0.3) is 0 Å². The van der Waals surface area contributed by atoms with Gasteiger partial charge in [-0.05, 0) is 50.7 Å². The Kier molecular flexibility index (Phi) is 5.47. The number of hydrogen-bond acceptors (Lipinski definition) is 4. The summed E-state index contributed by atoms with van der Waals surface area (Å²) >= 11 is 0. The molecule has 1 atom stereocenters. The Balaban J connectivity index is 1.53. The van der Waals surface area contributed by atoms with Gasteiger partial charge in [0.05, 0.1) is 12.1 Å². The van der Waals surface area contributed by atoms with Crippen LogP contribution in [0.3, 0.4) is 0 Å². The van der Waals surface area contributed by atoms with E-state index in [9.17, 15) is 9.90 Å². The molecule has 0 spiro atoms. The Morgan fingerprint density at radius 3 is 2.72 bits per heavy atom. The van der Waals surface area contributed by atoms with E-state index in [-0.39, 0.29) is 24.2 Å². The minimum Gasteiger partial charge on any atom is -0.394 e. The lowest BCUT2D eigenvalue weighted by Crippen LogP contribution is -2.56. The molecule has 1 aromatic heterocycles. The highest BCUT2D eigenvalue weighted by molar-refractivity contribution is 5.76. The van der Waals surface area contributed by atoms with E-state index in [0.29, 0.717) is 0 Å². The van der Waals surface area contributed by atoms with E-state index in [4.69, 9.17) is 0 Å². The van der Waals surface area contributed by atoms with E-state index in [1.165, 1.54) is 5.56 Å². The maximum absolute atomic E-state index is 12.7. The molecule has 0 bridgehead atoms. The van der Waals surface area contributed by atoms with Gasteiger partial charge in [0.1, 0.15) is 5.82 Å². The predicted octanol–water partition coefficient (Wildman–Crippen LogP) is 2.31. The average molecular weight is 346 g/mol. The highest BCUT2D eigenvalue weighted by atomic mass is 16.3. The standard InChI is InChI=1S/C19H30N4O2/c1-3-19(14-24)9-4-10-23(19)18(25)21-16-7-11-22(12-8-16)17-6-5-15(2)13-20-17/h5-6,13,16,24H,3-4,7-12,14H2,1-2H3,(H,21,25)/t19-/m0/s1. The SMILES string of the molecule is CC[C@@]1(CO)CCCN1C(=O)NC1CCN(c2ccc(C)cn2)CC1. The average Bonchev–Trinajstić information content (AvgIpc) is 3.08. The van der Waals surface area contributed by atoms with E-state index in [1.54, 1.807) is 0 Å². The predicted molar refractivity (Wildman–Crippen MR) is 98.8 cm³/mol. The second-order valence-corrected chi connectivity index (χ2v) is 7.40. The Hall–Kier alpha value is -1.82. The number of carbonyl (C=O) groups is 1. The normalized spacial score (nSPS) is 24.6. The fourth-order valence-corrected chi connectivity index (χ4v) is 4.05. The summed E-state index contributed by atoms with van der Waals surface area (Å²) < 4.78 is 0. The van der Waals surface area contributed by atoms with Crippen LogP contribution in [-0.4, -0.2) is 58.8 Å². The van der Waals surface area contributed by atoms with Crippen molar-refractivity contribution in [1.29, 1.82) is 0 Å². The second-order valence-electron chi connectivity index (χ2n) is 7.40. The van der Waals surface area contributed by atoms with Gasteiger partial charge in [-0.25, -0.2) is 9.78 Å². The monoisotopic (exact) mass is 346 g/mol. The Morgan fingerprint density at radius 2 is 2.12 bits per heavy atom. The molecule has 138 valence electrons. The van der Waals surface area contributed by atoms with Gasteiger partial charge in [-0.15, -0.1) is 0 Å². The number of carbonyl (C=O) groups excluding carboxylic acids is 1. The number of pyridine rings is 1. The second kappa shape index (κ2) is 7.60. The lowest BCUT2D eigenvalue weighted by Gasteiger charge is -2.39. The molecule has 25 heavy (non-hydrogen) atoms. The van der Waals surface area contributed by atoms with Gasteiger partial charge in [-0.3, -0.25) is 0 Å². The van der Waals surface area contributed by atoms with Crippen LogP contribution in [0.5, 0.6) is 0 Å². The molecular weight excluding hydrogens is 316 g/mol. The third kappa shape index (κ3) is 3.73. The van der Waals surface area contributed by atoms with Crippen LogP contribution in [0.25, 0.3) is 0 Å². The van der Waals surface area contributed by atoms with Crippen molar-refractivity contribution < 1.29 is 9.90 Å². The maximum atomic E-state index is 12.7. The van der Waals surface area contributed by atoms with Crippen molar-refractivity contribution in [3.8, 4) is 0 Å². The van der Waals surface area contributed by atoms with Crippen molar-refractivity contribution >= 4 is 11.8 Å². The van der Waals surface area contributed by atoms with Crippen LogP contribution >= 0.6 is 0 Å². The van der Waals surface area contributed by atoms with Crippen molar-refractivity contribution in [2.24, 2.45) is 0 Å². The van der Waals surface area contributed by atoms with Crippen molar-refractivity contribution in [2.75, 3.05) is 31.1 Å². The molecule has 2 N–H and O–H groups in total. The van der Waals surface area contributed by atoms with Crippen molar-refractivity contribution in [1.82, 2.24) is 15.2 Å². The molecule has 0 saturated carbocycles. The number of aliphatic hydroxyl groups excluding tert-OH is 1. The van der Waals surface area contributed by atoms with Crippen LogP contribution in [0, 0.1) is 6.92 Å². The van der Waals surface area contributed by atoms with Gasteiger partial charge < -0.3 is 20.2 Å². The molecule has 6 heteroatoms. The molecule has 0 aromatic carbocycles. The lowest BCUT2D eigenvalue weighted by molar-refractivity contribution is 0.0792. The molecule has 2 amide bonds. The van der Waals surface area contributed by atoms with E-state index >= 15 is 0 Å². The number of piperidine rings is 1. The Labute approximate surface area is 150 Å². The first kappa shape index (κ1) is 18.0. The summed E-state index contributed by atoms with van der Waals surface area (Å²) in [4.78, 5) is 21.4. The van der Waals surface area contributed by atoms with Crippen LogP contribution in [0.4, 0.5) is 10.6 Å². The van der Waals surface area contributed by atoms with Gasteiger partial charge in [0, 0.05) is 31.9 Å². The Morgan fingerprint density at radius 1 is 1.36 bits per heavy atom. The molecule has 2 saturated heterocycles. The summed E-state index contributed by atoms with van der Waals surface area (Å²) in [6, 6.07) is 4.33. The fraction of sp³-hybridized carbons (Fsp3) is 0.684. The molecule has 2 aliphatic heterocycles. The summed E-state index contributed by atoms with van der Waals surface area (Å²) in [5.74, 6) is 1.01. The quantitative estimate of drug-likeness (QED) is 0.878. The number of likely N-dealkylation sites (tertiary alicyclic amines) is 1. The summed E-state index contributed by atoms with van der Waals surface area (Å²) in [7, 11) is 0. The Bertz CT molecular complexity index is 578. The summed E-state index contributed by atoms with van der Waals surface area (Å²) in [6.45, 7) is 6.69. The largest absolute Gasteiger partial charge is 0.394 e. The molecule has 2 aliphatic rings. The topological polar surface area (TPSA) is 68.7 Å². The van der Waals surface area contributed by atoms with Gasteiger partial charge in [-0.1, -0.05) is 13.0 Å². The fourth-order valence-electron chi connectivity index (χ4n) is 4.05. The van der Waals surface area contributed by atoms with Gasteiger partial charge in [-0.2, -0.15) is 0 Å². The first-order chi connectivity index (χ1) is 12.1. The first-order valence-corrected chi connectivity index (χ1v) is 9.44. The zero-order valence-electron chi connectivity index (χ0n) is 15.4. The van der Waals surface area contributed by atoms with Crippen molar-refractivity contribution in [2.45, 2.75) is 57.5 Å². The molecule has 2 fully saturated rings. The number of rotatable bonds is 4. The zero-order chi connectivity index (χ0) is 17.9. The lowest BCUT2D eigenvalue weighted by atomic mass is 9.94. The van der Waals surface area contributed by atoms with Crippen molar-refractivity contribution in [3.05, 3.63) is 23.9 Å². The minimum absolute atomic E-state index is 0.0136. The molecule has 1 aromatic rings. The van der Waals surface area contributed by atoms with Gasteiger partial charge in [0.2, 0.25) is 0 Å². The third-order valence-electron chi connectivity index (χ3n) is 5.84. The smallest absolute Gasteiger partial charge is 0.318 e. The van der Waals surface area contributed by atoms with Crippen LogP contribution in [-0.2, 0) is 0 Å².